The molecule has 0 aromatic heterocycles. The SMILES string of the molecule is CC1CC2(C)C(C)OC(C)C(=O)C2CC1=O. The van der Waals surface area contributed by atoms with Crippen LogP contribution in [0.4, 0.5) is 0 Å². The Kier molecular flexibility index (Phi) is 2.69. The van der Waals surface area contributed by atoms with Crippen LogP contribution in [-0.4, -0.2) is 23.8 Å². The number of carbonyl (C=O) groups excluding carboxylic acids is 2. The Morgan fingerprint density at radius 1 is 1.25 bits per heavy atom. The van der Waals surface area contributed by atoms with Gasteiger partial charge in [0.2, 0.25) is 0 Å². The Labute approximate surface area is 96.5 Å². The van der Waals surface area contributed by atoms with Crippen LogP contribution in [0.3, 0.4) is 0 Å². The molecule has 0 bridgehead atoms. The third-order valence-corrected chi connectivity index (χ3v) is 4.58. The Bertz CT molecular complexity index is 336. The smallest absolute Gasteiger partial charge is 0.165 e. The lowest BCUT2D eigenvalue weighted by molar-refractivity contribution is -0.180. The molecule has 0 amide bonds. The first-order valence-electron chi connectivity index (χ1n) is 6.08. The molecule has 5 unspecified atom stereocenters. The summed E-state index contributed by atoms with van der Waals surface area (Å²) < 4.78 is 5.69. The van der Waals surface area contributed by atoms with Gasteiger partial charge in [-0.05, 0) is 20.3 Å². The number of fused-ring (bicyclic) bond motifs is 1. The monoisotopic (exact) mass is 224 g/mol. The van der Waals surface area contributed by atoms with Crippen molar-refractivity contribution in [3.63, 3.8) is 0 Å². The summed E-state index contributed by atoms with van der Waals surface area (Å²) >= 11 is 0. The van der Waals surface area contributed by atoms with Crippen molar-refractivity contribution in [2.45, 2.75) is 52.7 Å². The van der Waals surface area contributed by atoms with Gasteiger partial charge >= 0.3 is 0 Å². The Hall–Kier alpha value is -0.700. The summed E-state index contributed by atoms with van der Waals surface area (Å²) in [4.78, 5) is 23.8. The van der Waals surface area contributed by atoms with E-state index in [1.54, 1.807) is 6.92 Å². The first-order valence-corrected chi connectivity index (χ1v) is 6.08. The van der Waals surface area contributed by atoms with E-state index in [1.807, 2.05) is 13.8 Å². The maximum absolute atomic E-state index is 12.1. The van der Waals surface area contributed by atoms with E-state index in [9.17, 15) is 9.59 Å². The fourth-order valence-corrected chi connectivity index (χ4v) is 3.24. The van der Waals surface area contributed by atoms with Gasteiger partial charge in [-0.15, -0.1) is 0 Å². The van der Waals surface area contributed by atoms with Gasteiger partial charge in [-0.1, -0.05) is 13.8 Å². The van der Waals surface area contributed by atoms with E-state index in [0.29, 0.717) is 6.42 Å². The number of ketones is 2. The number of Topliss-reactive ketones (excluding diaryl/α,β-unsaturated/α-hetero) is 2. The van der Waals surface area contributed by atoms with Crippen LogP contribution in [-0.2, 0) is 14.3 Å². The molecule has 2 fully saturated rings. The molecule has 0 radical (unpaired) electrons. The molecule has 16 heavy (non-hydrogen) atoms. The first-order chi connectivity index (χ1) is 7.36. The zero-order valence-corrected chi connectivity index (χ0v) is 10.4. The van der Waals surface area contributed by atoms with Crippen LogP contribution in [0.1, 0.15) is 40.5 Å². The fourth-order valence-electron chi connectivity index (χ4n) is 3.24. The predicted octanol–water partition coefficient (Wildman–Crippen LogP) is 1.98. The normalized spacial score (nSPS) is 49.0. The highest BCUT2D eigenvalue weighted by atomic mass is 16.5. The number of ether oxygens (including phenoxy) is 1. The van der Waals surface area contributed by atoms with Crippen LogP contribution in [0.5, 0.6) is 0 Å². The summed E-state index contributed by atoms with van der Waals surface area (Å²) in [7, 11) is 0. The van der Waals surface area contributed by atoms with Crippen molar-refractivity contribution in [2.24, 2.45) is 17.3 Å². The maximum Gasteiger partial charge on any atom is 0.165 e. The van der Waals surface area contributed by atoms with Gasteiger partial charge in [0.1, 0.15) is 11.9 Å². The zero-order valence-electron chi connectivity index (χ0n) is 10.4. The van der Waals surface area contributed by atoms with Crippen molar-refractivity contribution in [1.82, 2.24) is 0 Å². The molecule has 3 nitrogen and oxygen atoms in total. The van der Waals surface area contributed by atoms with Gasteiger partial charge in [0.25, 0.3) is 0 Å². The van der Waals surface area contributed by atoms with Gasteiger partial charge in [0.05, 0.1) is 6.10 Å². The predicted molar refractivity (Wildman–Crippen MR) is 60.0 cm³/mol. The van der Waals surface area contributed by atoms with Gasteiger partial charge in [0, 0.05) is 23.7 Å². The minimum Gasteiger partial charge on any atom is -0.367 e. The molecule has 2 aliphatic rings. The van der Waals surface area contributed by atoms with Crippen LogP contribution in [0.25, 0.3) is 0 Å². The molecule has 1 aliphatic heterocycles. The molecule has 0 N–H and O–H groups in total. The average Bonchev–Trinajstić information content (AvgIpc) is 2.20. The second-order valence-electron chi connectivity index (χ2n) is 5.66. The van der Waals surface area contributed by atoms with E-state index in [-0.39, 0.29) is 41.0 Å². The standard InChI is InChI=1S/C13H20O3/c1-7-6-13(4)9(3)16-8(2)12(15)10(13)5-11(7)14/h7-10H,5-6H2,1-4H3. The third-order valence-electron chi connectivity index (χ3n) is 4.58. The molecule has 3 heteroatoms. The number of carbonyl (C=O) groups is 2. The Morgan fingerprint density at radius 3 is 2.50 bits per heavy atom. The van der Waals surface area contributed by atoms with E-state index in [2.05, 4.69) is 6.92 Å². The van der Waals surface area contributed by atoms with Gasteiger partial charge < -0.3 is 4.74 Å². The zero-order chi connectivity index (χ0) is 12.1. The molecule has 1 aliphatic carbocycles. The highest BCUT2D eigenvalue weighted by molar-refractivity contribution is 5.93. The maximum atomic E-state index is 12.1. The number of hydrogen-bond acceptors (Lipinski definition) is 3. The summed E-state index contributed by atoms with van der Waals surface area (Å²) in [6.07, 6.45) is 0.889. The molecule has 2 rings (SSSR count). The lowest BCUT2D eigenvalue weighted by Crippen LogP contribution is -2.56. The van der Waals surface area contributed by atoms with Gasteiger partial charge in [-0.2, -0.15) is 0 Å². The van der Waals surface area contributed by atoms with Crippen LogP contribution < -0.4 is 0 Å². The molecular formula is C13H20O3. The summed E-state index contributed by atoms with van der Waals surface area (Å²) in [6, 6.07) is 0. The molecule has 5 atom stereocenters. The van der Waals surface area contributed by atoms with Crippen molar-refractivity contribution >= 4 is 11.6 Å². The van der Waals surface area contributed by atoms with Crippen LogP contribution in [0.2, 0.25) is 0 Å². The lowest BCUT2D eigenvalue weighted by atomic mass is 9.58. The van der Waals surface area contributed by atoms with Crippen LogP contribution in [0.15, 0.2) is 0 Å². The first kappa shape index (κ1) is 11.8. The number of rotatable bonds is 0. The molecule has 1 heterocycles. The molecule has 0 aromatic carbocycles. The lowest BCUT2D eigenvalue weighted by Gasteiger charge is -2.50. The van der Waals surface area contributed by atoms with Crippen LogP contribution in [0, 0.1) is 17.3 Å². The molecular weight excluding hydrogens is 204 g/mol. The van der Waals surface area contributed by atoms with Crippen molar-refractivity contribution in [3.8, 4) is 0 Å². The Balaban J connectivity index is 2.34. The molecule has 90 valence electrons. The van der Waals surface area contributed by atoms with E-state index in [1.165, 1.54) is 0 Å². The quantitative estimate of drug-likeness (QED) is 0.632. The molecule has 0 spiro atoms. The highest BCUT2D eigenvalue weighted by Crippen LogP contribution is 2.49. The summed E-state index contributed by atoms with van der Waals surface area (Å²) in [6.45, 7) is 7.87. The van der Waals surface area contributed by atoms with Crippen molar-refractivity contribution in [1.29, 1.82) is 0 Å². The van der Waals surface area contributed by atoms with Gasteiger partial charge in [-0.25, -0.2) is 0 Å². The van der Waals surface area contributed by atoms with Gasteiger partial charge in [-0.3, -0.25) is 9.59 Å². The summed E-state index contributed by atoms with van der Waals surface area (Å²) in [5, 5.41) is 0. The van der Waals surface area contributed by atoms with E-state index >= 15 is 0 Å². The van der Waals surface area contributed by atoms with Crippen molar-refractivity contribution < 1.29 is 14.3 Å². The van der Waals surface area contributed by atoms with Crippen LogP contribution >= 0.6 is 0 Å². The fraction of sp³-hybridized carbons (Fsp3) is 0.846. The minimum absolute atomic E-state index is 0.0562. The van der Waals surface area contributed by atoms with Gasteiger partial charge in [0.15, 0.2) is 5.78 Å². The second-order valence-corrected chi connectivity index (χ2v) is 5.66. The largest absolute Gasteiger partial charge is 0.367 e. The Morgan fingerprint density at radius 2 is 1.88 bits per heavy atom. The average molecular weight is 224 g/mol. The highest BCUT2D eigenvalue weighted by Gasteiger charge is 2.54. The van der Waals surface area contributed by atoms with Crippen molar-refractivity contribution in [3.05, 3.63) is 0 Å². The summed E-state index contributed by atoms with van der Waals surface area (Å²) in [5.74, 6) is 0.279. The van der Waals surface area contributed by atoms with E-state index in [4.69, 9.17) is 4.74 Å². The molecule has 1 saturated carbocycles. The molecule has 1 saturated heterocycles. The molecule has 0 aromatic rings. The van der Waals surface area contributed by atoms with E-state index < -0.39 is 0 Å². The minimum atomic E-state index is -0.353. The van der Waals surface area contributed by atoms with E-state index in [0.717, 1.165) is 6.42 Å². The summed E-state index contributed by atoms with van der Waals surface area (Å²) in [5.41, 5.74) is -0.156. The van der Waals surface area contributed by atoms with Crippen molar-refractivity contribution in [2.75, 3.05) is 0 Å². The topological polar surface area (TPSA) is 43.4 Å². The number of hydrogen-bond donors (Lipinski definition) is 0. The second kappa shape index (κ2) is 3.66. The third kappa shape index (κ3) is 1.53.